The summed E-state index contributed by atoms with van der Waals surface area (Å²) < 4.78 is 5.22. The van der Waals surface area contributed by atoms with E-state index in [1.165, 1.54) is 5.56 Å². The van der Waals surface area contributed by atoms with Gasteiger partial charge in [0.2, 0.25) is 11.8 Å². The molecule has 2 aliphatic heterocycles. The van der Waals surface area contributed by atoms with Gasteiger partial charge in [0.1, 0.15) is 5.75 Å². The third kappa shape index (κ3) is 3.40. The molecule has 130 valence electrons. The van der Waals surface area contributed by atoms with Gasteiger partial charge in [-0.2, -0.15) is 0 Å². The van der Waals surface area contributed by atoms with E-state index in [2.05, 4.69) is 12.1 Å². The summed E-state index contributed by atoms with van der Waals surface area (Å²) in [6.07, 6.45) is 3.83. The molecule has 3 rings (SSSR count). The lowest BCUT2D eigenvalue weighted by Gasteiger charge is -2.35. The SMILES string of the molecule is COc1ccc([C@@H]2CCCN2C(=O)[C@@H]2CCCN(C(C)=O)C2)cc1. The van der Waals surface area contributed by atoms with Crippen LogP contribution in [0.3, 0.4) is 0 Å². The summed E-state index contributed by atoms with van der Waals surface area (Å²) in [6.45, 7) is 3.75. The molecule has 1 aromatic rings. The van der Waals surface area contributed by atoms with Crippen LogP contribution in [0.2, 0.25) is 0 Å². The quantitative estimate of drug-likeness (QED) is 0.856. The molecule has 2 aliphatic rings. The summed E-state index contributed by atoms with van der Waals surface area (Å²) >= 11 is 0. The number of rotatable bonds is 3. The van der Waals surface area contributed by atoms with Gasteiger partial charge in [0, 0.05) is 26.6 Å². The van der Waals surface area contributed by atoms with Crippen molar-refractivity contribution in [2.75, 3.05) is 26.7 Å². The van der Waals surface area contributed by atoms with E-state index >= 15 is 0 Å². The van der Waals surface area contributed by atoms with Crippen molar-refractivity contribution < 1.29 is 14.3 Å². The number of amides is 2. The second-order valence-electron chi connectivity index (χ2n) is 6.77. The number of carbonyl (C=O) groups excluding carboxylic acids is 2. The molecule has 0 bridgehead atoms. The van der Waals surface area contributed by atoms with Gasteiger partial charge in [0.25, 0.3) is 0 Å². The van der Waals surface area contributed by atoms with Crippen LogP contribution in [-0.4, -0.2) is 48.4 Å². The Labute approximate surface area is 143 Å². The van der Waals surface area contributed by atoms with Crippen LogP contribution in [0.15, 0.2) is 24.3 Å². The van der Waals surface area contributed by atoms with Gasteiger partial charge >= 0.3 is 0 Å². The van der Waals surface area contributed by atoms with Crippen LogP contribution in [-0.2, 0) is 9.59 Å². The molecule has 0 saturated carbocycles. The van der Waals surface area contributed by atoms with E-state index in [1.54, 1.807) is 14.0 Å². The van der Waals surface area contributed by atoms with Crippen LogP contribution in [0, 0.1) is 5.92 Å². The van der Waals surface area contributed by atoms with E-state index < -0.39 is 0 Å². The first kappa shape index (κ1) is 16.8. The molecule has 0 spiro atoms. The molecule has 2 fully saturated rings. The highest BCUT2D eigenvalue weighted by atomic mass is 16.5. The highest BCUT2D eigenvalue weighted by Crippen LogP contribution is 2.35. The van der Waals surface area contributed by atoms with Crippen molar-refractivity contribution in [1.29, 1.82) is 0 Å². The van der Waals surface area contributed by atoms with Crippen molar-refractivity contribution >= 4 is 11.8 Å². The normalized spacial score (nSPS) is 24.1. The number of piperidine rings is 1. The van der Waals surface area contributed by atoms with Crippen LogP contribution in [0.25, 0.3) is 0 Å². The topological polar surface area (TPSA) is 49.9 Å². The van der Waals surface area contributed by atoms with Crippen LogP contribution in [0.4, 0.5) is 0 Å². The molecule has 0 N–H and O–H groups in total. The standard InChI is InChI=1S/C19H26N2O3/c1-14(22)20-11-3-5-16(13-20)19(23)21-12-4-6-18(21)15-7-9-17(24-2)10-8-15/h7-10,16,18H,3-6,11-13H2,1-2H3/t16-,18+/m1/s1. The van der Waals surface area contributed by atoms with Gasteiger partial charge in [-0.05, 0) is 43.4 Å². The summed E-state index contributed by atoms with van der Waals surface area (Å²) in [5.74, 6) is 1.06. The van der Waals surface area contributed by atoms with Crippen molar-refractivity contribution in [1.82, 2.24) is 9.80 Å². The average molecular weight is 330 g/mol. The Morgan fingerprint density at radius 3 is 2.46 bits per heavy atom. The van der Waals surface area contributed by atoms with Crippen molar-refractivity contribution in [3.63, 3.8) is 0 Å². The fourth-order valence-electron chi connectivity index (χ4n) is 3.90. The van der Waals surface area contributed by atoms with Crippen molar-refractivity contribution in [2.45, 2.75) is 38.6 Å². The van der Waals surface area contributed by atoms with Gasteiger partial charge in [-0.3, -0.25) is 9.59 Å². The minimum atomic E-state index is -0.0542. The number of nitrogens with zero attached hydrogens (tertiary/aromatic N) is 2. The first-order valence-corrected chi connectivity index (χ1v) is 8.80. The Morgan fingerprint density at radius 1 is 1.08 bits per heavy atom. The first-order chi connectivity index (χ1) is 11.6. The minimum Gasteiger partial charge on any atom is -0.497 e. The fourth-order valence-corrected chi connectivity index (χ4v) is 3.90. The van der Waals surface area contributed by atoms with Gasteiger partial charge in [-0.25, -0.2) is 0 Å². The number of ether oxygens (including phenoxy) is 1. The van der Waals surface area contributed by atoms with E-state index in [1.807, 2.05) is 21.9 Å². The molecular weight excluding hydrogens is 304 g/mol. The summed E-state index contributed by atoms with van der Waals surface area (Å²) in [4.78, 5) is 28.5. The lowest BCUT2D eigenvalue weighted by Crippen LogP contribution is -2.46. The minimum absolute atomic E-state index is 0.0542. The van der Waals surface area contributed by atoms with E-state index in [0.717, 1.165) is 44.5 Å². The predicted molar refractivity (Wildman–Crippen MR) is 91.7 cm³/mol. The average Bonchev–Trinajstić information content (AvgIpc) is 3.11. The Balaban J connectivity index is 1.72. The number of likely N-dealkylation sites (tertiary alicyclic amines) is 2. The summed E-state index contributed by atoms with van der Waals surface area (Å²) in [6, 6.07) is 8.16. The second kappa shape index (κ2) is 7.24. The van der Waals surface area contributed by atoms with Crippen LogP contribution in [0.1, 0.15) is 44.2 Å². The summed E-state index contributed by atoms with van der Waals surface area (Å²) in [5, 5.41) is 0. The molecule has 24 heavy (non-hydrogen) atoms. The molecule has 0 aromatic heterocycles. The molecule has 2 saturated heterocycles. The second-order valence-corrected chi connectivity index (χ2v) is 6.77. The number of carbonyl (C=O) groups is 2. The Bertz CT molecular complexity index is 599. The zero-order valence-electron chi connectivity index (χ0n) is 14.5. The van der Waals surface area contributed by atoms with E-state index in [-0.39, 0.29) is 23.8 Å². The number of hydrogen-bond donors (Lipinski definition) is 0. The van der Waals surface area contributed by atoms with Crippen LogP contribution in [0.5, 0.6) is 5.75 Å². The third-order valence-corrected chi connectivity index (χ3v) is 5.25. The molecule has 5 heteroatoms. The molecule has 0 aliphatic carbocycles. The van der Waals surface area contributed by atoms with Gasteiger partial charge in [-0.15, -0.1) is 0 Å². The maximum atomic E-state index is 13.0. The molecule has 0 unspecified atom stereocenters. The van der Waals surface area contributed by atoms with E-state index in [4.69, 9.17) is 4.74 Å². The van der Waals surface area contributed by atoms with Crippen molar-refractivity contribution in [2.24, 2.45) is 5.92 Å². The smallest absolute Gasteiger partial charge is 0.227 e. The molecule has 2 heterocycles. The van der Waals surface area contributed by atoms with Crippen LogP contribution >= 0.6 is 0 Å². The van der Waals surface area contributed by atoms with Crippen molar-refractivity contribution in [3.8, 4) is 5.75 Å². The molecule has 0 radical (unpaired) electrons. The van der Waals surface area contributed by atoms with Gasteiger partial charge in [0.15, 0.2) is 0 Å². The fraction of sp³-hybridized carbons (Fsp3) is 0.579. The largest absolute Gasteiger partial charge is 0.497 e. The molecule has 2 atom stereocenters. The first-order valence-electron chi connectivity index (χ1n) is 8.80. The zero-order valence-corrected chi connectivity index (χ0v) is 14.5. The molecular formula is C19H26N2O3. The number of hydrogen-bond acceptors (Lipinski definition) is 3. The molecule has 1 aromatic carbocycles. The third-order valence-electron chi connectivity index (χ3n) is 5.25. The number of methoxy groups -OCH3 is 1. The maximum absolute atomic E-state index is 13.0. The van der Waals surface area contributed by atoms with Gasteiger partial charge in [-0.1, -0.05) is 12.1 Å². The van der Waals surface area contributed by atoms with Crippen molar-refractivity contribution in [3.05, 3.63) is 29.8 Å². The Morgan fingerprint density at radius 2 is 1.79 bits per heavy atom. The van der Waals surface area contributed by atoms with Gasteiger partial charge < -0.3 is 14.5 Å². The molecule has 2 amide bonds. The lowest BCUT2D eigenvalue weighted by molar-refractivity contribution is -0.140. The Hall–Kier alpha value is -2.04. The van der Waals surface area contributed by atoms with E-state index in [0.29, 0.717) is 6.54 Å². The predicted octanol–water partition coefficient (Wildman–Crippen LogP) is 2.62. The summed E-state index contributed by atoms with van der Waals surface area (Å²) in [5.41, 5.74) is 1.17. The highest BCUT2D eigenvalue weighted by molar-refractivity contribution is 5.81. The molecule has 5 nitrogen and oxygen atoms in total. The lowest BCUT2D eigenvalue weighted by atomic mass is 9.95. The zero-order chi connectivity index (χ0) is 17.1. The van der Waals surface area contributed by atoms with Gasteiger partial charge in [0.05, 0.1) is 19.1 Å². The summed E-state index contributed by atoms with van der Waals surface area (Å²) in [7, 11) is 1.66. The highest BCUT2D eigenvalue weighted by Gasteiger charge is 2.36. The monoisotopic (exact) mass is 330 g/mol. The van der Waals surface area contributed by atoms with E-state index in [9.17, 15) is 9.59 Å². The Kier molecular flexibility index (Phi) is 5.07. The van der Waals surface area contributed by atoms with Crippen LogP contribution < -0.4 is 4.74 Å². The number of benzene rings is 1. The maximum Gasteiger partial charge on any atom is 0.227 e.